The average molecular weight is 1770 g/mol. The van der Waals surface area contributed by atoms with Crippen molar-refractivity contribution in [2.45, 2.75) is 242 Å². The van der Waals surface area contributed by atoms with Crippen molar-refractivity contribution in [3.05, 3.63) is 166 Å². The number of methoxy groups -OCH3 is 2. The van der Waals surface area contributed by atoms with Crippen molar-refractivity contribution in [3.8, 4) is 44.9 Å². The van der Waals surface area contributed by atoms with Gasteiger partial charge in [0, 0.05) is 59.4 Å². The van der Waals surface area contributed by atoms with Crippen LogP contribution < -0.4 is 28.4 Å². The molecular formula is C94H112F2N10O14S4. The van der Waals surface area contributed by atoms with E-state index in [4.69, 9.17) is 48.9 Å². The van der Waals surface area contributed by atoms with E-state index in [0.717, 1.165) is 73.9 Å². The number of Topliss-reactive ketones (excluding diaryl/α,β-unsaturated/α-hetero) is 2. The van der Waals surface area contributed by atoms with Gasteiger partial charge in [0.15, 0.2) is 33.2 Å². The number of carbonyl (C=O) groups is 6. The molecule has 4 aromatic carbocycles. The molecule has 0 spiro atoms. The van der Waals surface area contributed by atoms with E-state index in [1.807, 2.05) is 73.2 Å². The number of ketones is 2. The summed E-state index contributed by atoms with van der Waals surface area (Å²) in [4.78, 5) is 120. The highest BCUT2D eigenvalue weighted by Gasteiger charge is 2.65. The summed E-state index contributed by atoms with van der Waals surface area (Å²) < 4.78 is 109. The zero-order valence-corrected chi connectivity index (χ0v) is 75.5. The standard InChI is InChI=1S/C48H58FN5O7S2.C46H54FN5O7S2/c1-8-10-11-12-13-16-32(22-31-15-14-17-34(49)23-31)45(56)54-27-35(24-38(54)39(55)26-48(25-33(48)9-2)46(57)53-63(58,59)47(6)20-21-47)61-43-36-18-19-40(60-7)30(5)41(36)51-42(52-43)44-50-37(28-62-44)29(3)4;1-27(2)35-26-60-42(48-35)40-49-39-28(3)38(58-5)17-16-34(39)41(50-40)59-33-22-36-37(53)24-46(44(55)51-61(56,57)45(4)18-19-45)23-31(46)14-10-8-6-7-9-13-30(43(54)52(36)25-33)20-29-12-11-15-32(47)21-29/h8-9,14-15,17-19,23,28-29,32-33,35,38H,1-2,10-13,16,20-22,24-27H2,3-7H3,(H,53,57);10-12,14-17,21,26-27,30-31,33,36H,6-9,13,18-20,22-25H2,1-5H3,(H,51,55)/b;14-10-/t32-,33-,35-,38+,48-;30-,31-,33-,36+,46-/m11/s1. The topological polar surface area (TPSA) is 315 Å². The molecule has 7 aliphatic rings. The number of nitrogens with one attached hydrogen (secondary N) is 2. The molecule has 2 saturated heterocycles. The molecule has 0 radical (unpaired) electrons. The van der Waals surface area contributed by atoms with Gasteiger partial charge >= 0.3 is 0 Å². The fraction of sp³-hybridized carbons (Fsp3) is 0.511. The second kappa shape index (κ2) is 37.0. The van der Waals surface area contributed by atoms with Gasteiger partial charge in [-0.05, 0) is 201 Å². The number of ether oxygens (including phenoxy) is 4. The lowest BCUT2D eigenvalue weighted by Crippen LogP contribution is -2.47. The number of halogens is 2. The average Bonchev–Trinajstić information content (AvgIpc) is 1.56. The summed E-state index contributed by atoms with van der Waals surface area (Å²) in [6, 6.07) is 17.8. The zero-order valence-electron chi connectivity index (χ0n) is 72.2. The highest BCUT2D eigenvalue weighted by Crippen LogP contribution is 2.59. The molecule has 124 heavy (non-hydrogen) atoms. The lowest BCUT2D eigenvalue weighted by Gasteiger charge is -2.29. The van der Waals surface area contributed by atoms with Gasteiger partial charge in [-0.1, -0.05) is 102 Å². The van der Waals surface area contributed by atoms with E-state index >= 15 is 4.79 Å². The monoisotopic (exact) mass is 1770 g/mol. The number of nitrogens with zero attached hydrogens (tertiary/aromatic N) is 8. The maximum atomic E-state index is 15.0. The van der Waals surface area contributed by atoms with Crippen molar-refractivity contribution in [2.75, 3.05) is 27.3 Å². The number of aryl methyl sites for hydroxylation is 2. The molecule has 24 nitrogen and oxygen atoms in total. The summed E-state index contributed by atoms with van der Waals surface area (Å²) in [5.74, 6) is -2.37. The third-order valence-electron chi connectivity index (χ3n) is 26.3. The SMILES string of the molecule is C=CCCCCC[C@H](Cc1cccc(F)c1)C(=O)N1C[C@H](Oc2nc(-c3nc(C(C)C)cs3)nc3c(C)c(OC)ccc23)C[C@H]1C(=O)C[C@]1(C(=O)NS(=O)(=O)C2(C)CC2)C[C@H]1C=C.COc1ccc2c(O[C@@H]3C[C@H]4C(=O)C[C@]5(C(=O)NS(=O)(=O)C6(C)CC6)C[C@H]5/C=C\CCCCC[C@H](Cc5cccc(F)c5)C(=O)N4C3)nc(-c3nc(C(C)C)cs3)nc2c1C. The number of benzene rings is 4. The van der Waals surface area contributed by atoms with Gasteiger partial charge in [-0.25, -0.2) is 45.6 Å². The summed E-state index contributed by atoms with van der Waals surface area (Å²) in [7, 11) is -4.76. The van der Waals surface area contributed by atoms with Gasteiger partial charge in [0.2, 0.25) is 55.4 Å². The predicted molar refractivity (Wildman–Crippen MR) is 474 cm³/mol. The Balaban J connectivity index is 0.000000202. The van der Waals surface area contributed by atoms with Crippen molar-refractivity contribution in [1.29, 1.82) is 0 Å². The number of allylic oxidation sites excluding steroid dienone is 4. The number of rotatable bonds is 31. The number of hydrogen-bond acceptors (Lipinski definition) is 22. The molecule has 660 valence electrons. The molecule has 0 unspecified atom stereocenters. The zero-order chi connectivity index (χ0) is 88.5. The smallest absolute Gasteiger partial charge is 0.240 e. The number of likely N-dealkylation sites (tertiary alicyclic amines) is 1. The summed E-state index contributed by atoms with van der Waals surface area (Å²) in [6.07, 6.45) is 16.3. The minimum absolute atomic E-state index is 0.0346. The Kier molecular flexibility index (Phi) is 27.0. The summed E-state index contributed by atoms with van der Waals surface area (Å²) in [6.45, 7) is 23.1. The Bertz CT molecular complexity index is 5710. The van der Waals surface area contributed by atoms with Crippen LogP contribution in [0.15, 0.2) is 121 Å². The van der Waals surface area contributed by atoms with Gasteiger partial charge in [0.25, 0.3) is 0 Å². The van der Waals surface area contributed by atoms with Gasteiger partial charge in [0.1, 0.15) is 35.3 Å². The van der Waals surface area contributed by atoms with E-state index < -0.39 is 100 Å². The van der Waals surface area contributed by atoms with Crippen LogP contribution in [0, 0.1) is 60.0 Å². The first-order chi connectivity index (χ1) is 59.1. The molecule has 30 heteroatoms. The summed E-state index contributed by atoms with van der Waals surface area (Å²) in [5, 5.41) is 6.44. The number of sulfonamides is 2. The van der Waals surface area contributed by atoms with Gasteiger partial charge < -0.3 is 28.7 Å². The van der Waals surface area contributed by atoms with Gasteiger partial charge in [-0.15, -0.1) is 35.8 Å². The molecule has 6 fully saturated rings. The Morgan fingerprint density at radius 3 is 1.77 bits per heavy atom. The highest BCUT2D eigenvalue weighted by molar-refractivity contribution is 7.92. The molecule has 4 amide bonds. The molecule has 3 aliphatic heterocycles. The molecule has 10 atom stereocenters. The predicted octanol–water partition coefficient (Wildman–Crippen LogP) is 16.9. The largest absolute Gasteiger partial charge is 0.496 e. The Morgan fingerprint density at radius 2 is 1.24 bits per heavy atom. The molecule has 8 aromatic rings. The Labute approximate surface area is 732 Å². The highest BCUT2D eigenvalue weighted by atomic mass is 32.2. The number of carbonyl (C=O) groups excluding carboxylic acids is 6. The van der Waals surface area contributed by atoms with Crippen molar-refractivity contribution < 1.29 is 73.3 Å². The van der Waals surface area contributed by atoms with Crippen LogP contribution in [0.2, 0.25) is 0 Å². The van der Waals surface area contributed by atoms with Crippen LogP contribution in [0.25, 0.3) is 43.5 Å². The van der Waals surface area contributed by atoms with Crippen molar-refractivity contribution in [1.82, 2.24) is 49.1 Å². The maximum Gasteiger partial charge on any atom is 0.240 e. The number of aromatic nitrogens is 6. The molecule has 7 heterocycles. The van der Waals surface area contributed by atoms with Crippen LogP contribution in [0.4, 0.5) is 8.78 Å². The van der Waals surface area contributed by atoms with E-state index in [0.29, 0.717) is 111 Å². The van der Waals surface area contributed by atoms with Crippen LogP contribution >= 0.6 is 22.7 Å². The molecule has 4 aliphatic carbocycles. The van der Waals surface area contributed by atoms with Gasteiger partial charge in [-0.2, -0.15) is 9.97 Å². The Hall–Kier alpha value is -9.78. The minimum Gasteiger partial charge on any atom is -0.496 e. The molecule has 0 bridgehead atoms. The second-order valence-electron chi connectivity index (χ2n) is 36.0. The quantitative estimate of drug-likeness (QED) is 0.0301. The molecular weight excluding hydrogens is 1660 g/mol. The van der Waals surface area contributed by atoms with Crippen molar-refractivity contribution in [2.24, 2.45) is 34.5 Å². The maximum absolute atomic E-state index is 15.0. The van der Waals surface area contributed by atoms with Crippen LogP contribution in [0.3, 0.4) is 0 Å². The minimum atomic E-state index is -3.98. The summed E-state index contributed by atoms with van der Waals surface area (Å²) in [5.41, 5.74) is 3.36. The third-order valence-corrected chi connectivity index (χ3v) is 32.3. The first-order valence-corrected chi connectivity index (χ1v) is 48.0. The fourth-order valence-electron chi connectivity index (χ4n) is 17.6. The number of fused-ring (bicyclic) bond motifs is 4. The normalized spacial score (nSPS) is 23.8. The van der Waals surface area contributed by atoms with Crippen LogP contribution in [-0.4, -0.2) is 153 Å². The van der Waals surface area contributed by atoms with Crippen molar-refractivity contribution >= 4 is 99.7 Å². The first kappa shape index (κ1) is 90.5. The van der Waals surface area contributed by atoms with E-state index in [-0.39, 0.29) is 117 Å². The third kappa shape index (κ3) is 19.4. The Morgan fingerprint density at radius 1 is 0.677 bits per heavy atom. The van der Waals surface area contributed by atoms with E-state index in [2.05, 4.69) is 50.3 Å². The van der Waals surface area contributed by atoms with Crippen molar-refractivity contribution in [3.63, 3.8) is 0 Å². The number of unbranched alkanes of at least 4 members (excludes halogenated alkanes) is 3. The molecule has 4 saturated carbocycles. The molecule has 2 N–H and O–H groups in total. The van der Waals surface area contributed by atoms with Crippen LogP contribution in [0.1, 0.15) is 215 Å². The number of amides is 4. The number of hydrogen-bond donors (Lipinski definition) is 2. The van der Waals surface area contributed by atoms with Crippen LogP contribution in [-0.2, 0) is 61.7 Å². The van der Waals surface area contributed by atoms with Crippen LogP contribution in [0.5, 0.6) is 23.3 Å². The first-order valence-electron chi connectivity index (χ1n) is 43.3. The molecule has 15 rings (SSSR count). The van der Waals surface area contributed by atoms with E-state index in [1.54, 1.807) is 62.1 Å². The lowest BCUT2D eigenvalue weighted by molar-refractivity contribution is -0.142. The molecule has 4 aromatic heterocycles. The van der Waals surface area contributed by atoms with E-state index in [1.165, 1.54) is 46.9 Å². The lowest BCUT2D eigenvalue weighted by atomic mass is 9.89. The van der Waals surface area contributed by atoms with Gasteiger partial charge in [-0.3, -0.25) is 38.2 Å². The second-order valence-corrected chi connectivity index (χ2v) is 42.1. The van der Waals surface area contributed by atoms with Gasteiger partial charge in [0.05, 0.1) is 92.9 Å². The fourth-order valence-corrected chi connectivity index (χ4v) is 22.1. The summed E-state index contributed by atoms with van der Waals surface area (Å²) >= 11 is 2.86. The van der Waals surface area contributed by atoms with E-state index in [9.17, 15) is 49.6 Å². The number of thiazole rings is 2.